The van der Waals surface area contributed by atoms with E-state index >= 15 is 0 Å². The van der Waals surface area contributed by atoms with E-state index in [0.717, 1.165) is 34.5 Å². The molecule has 0 radical (unpaired) electrons. The molecule has 1 N–H and O–H groups in total. The summed E-state index contributed by atoms with van der Waals surface area (Å²) >= 11 is 8.00. The summed E-state index contributed by atoms with van der Waals surface area (Å²) in [6.45, 7) is 2.31. The molecule has 0 saturated carbocycles. The number of halogens is 1. The highest BCUT2D eigenvalue weighted by atomic mass is 35.5. The normalized spacial score (nSPS) is 10.9. The number of hydrogen-bond donors (Lipinski definition) is 1. The maximum absolute atomic E-state index is 6.31. The smallest absolute Gasteiger partial charge is 0.113 e. The fourth-order valence-corrected chi connectivity index (χ4v) is 3.13. The molecule has 0 aliphatic carbocycles. The third-order valence-electron chi connectivity index (χ3n) is 2.79. The van der Waals surface area contributed by atoms with Gasteiger partial charge < -0.3 is 14.5 Å². The number of nitrogens with one attached hydrogen (secondary N) is 1. The number of hydrogen-bond acceptors (Lipinski definition) is 4. The van der Waals surface area contributed by atoms with Gasteiger partial charge in [-0.15, -0.1) is 11.8 Å². The second-order valence-corrected chi connectivity index (χ2v) is 5.66. The topological polar surface area (TPSA) is 34.4 Å². The fourth-order valence-electron chi connectivity index (χ4n) is 1.79. The molecule has 0 aliphatic heterocycles. The van der Waals surface area contributed by atoms with Crippen molar-refractivity contribution in [3.8, 4) is 0 Å². The van der Waals surface area contributed by atoms with Crippen LogP contribution in [-0.4, -0.2) is 20.3 Å². The molecule has 1 heterocycles. The second-order valence-electron chi connectivity index (χ2n) is 4.27. The van der Waals surface area contributed by atoms with Crippen molar-refractivity contribution in [1.82, 2.24) is 5.32 Å². The lowest BCUT2D eigenvalue weighted by atomic mass is 10.2. The Hall–Kier alpha value is -0.940. The average molecular weight is 312 g/mol. The molecule has 0 aliphatic rings. The van der Waals surface area contributed by atoms with E-state index in [4.69, 9.17) is 20.8 Å². The van der Waals surface area contributed by atoms with Crippen LogP contribution in [0, 0.1) is 0 Å². The van der Waals surface area contributed by atoms with Gasteiger partial charge in [0.05, 0.1) is 23.6 Å². The van der Waals surface area contributed by atoms with Crippen LogP contribution in [0.3, 0.4) is 0 Å². The van der Waals surface area contributed by atoms with Crippen molar-refractivity contribution in [1.29, 1.82) is 0 Å². The number of rotatable bonds is 8. The van der Waals surface area contributed by atoms with Crippen LogP contribution in [-0.2, 0) is 17.0 Å². The standard InChI is InChI=1S/C15H18ClNO2S/c1-18-9-7-17-10-12-4-2-6-14(16)15(12)20-11-13-5-3-8-19-13/h2-6,8,17H,7,9-11H2,1H3. The van der Waals surface area contributed by atoms with E-state index in [1.54, 1.807) is 25.1 Å². The van der Waals surface area contributed by atoms with Crippen molar-refractivity contribution in [2.75, 3.05) is 20.3 Å². The zero-order valence-electron chi connectivity index (χ0n) is 11.4. The van der Waals surface area contributed by atoms with Crippen molar-refractivity contribution in [3.05, 3.63) is 52.9 Å². The van der Waals surface area contributed by atoms with E-state index in [1.807, 2.05) is 24.3 Å². The van der Waals surface area contributed by atoms with E-state index in [2.05, 4.69) is 11.4 Å². The van der Waals surface area contributed by atoms with E-state index in [9.17, 15) is 0 Å². The van der Waals surface area contributed by atoms with Crippen molar-refractivity contribution in [3.63, 3.8) is 0 Å². The summed E-state index contributed by atoms with van der Waals surface area (Å²) in [5.74, 6) is 1.73. The van der Waals surface area contributed by atoms with Crippen molar-refractivity contribution in [2.45, 2.75) is 17.2 Å². The molecule has 0 spiro atoms. The van der Waals surface area contributed by atoms with Gasteiger partial charge in [0, 0.05) is 25.1 Å². The van der Waals surface area contributed by atoms with Crippen LogP contribution in [0.1, 0.15) is 11.3 Å². The molecule has 5 heteroatoms. The van der Waals surface area contributed by atoms with Crippen LogP contribution < -0.4 is 5.32 Å². The lowest BCUT2D eigenvalue weighted by Gasteiger charge is -2.11. The summed E-state index contributed by atoms with van der Waals surface area (Å²) in [7, 11) is 1.70. The number of benzene rings is 1. The van der Waals surface area contributed by atoms with Crippen LogP contribution in [0.25, 0.3) is 0 Å². The van der Waals surface area contributed by atoms with Gasteiger partial charge in [0.2, 0.25) is 0 Å². The number of thioether (sulfide) groups is 1. The molecule has 20 heavy (non-hydrogen) atoms. The molecule has 0 bridgehead atoms. The van der Waals surface area contributed by atoms with Gasteiger partial charge in [-0.3, -0.25) is 0 Å². The third kappa shape index (κ3) is 4.56. The Labute approximate surface area is 128 Å². The highest BCUT2D eigenvalue weighted by molar-refractivity contribution is 7.98. The van der Waals surface area contributed by atoms with Crippen LogP contribution in [0.2, 0.25) is 5.02 Å². The zero-order chi connectivity index (χ0) is 14.2. The van der Waals surface area contributed by atoms with E-state index in [1.165, 1.54) is 5.56 Å². The average Bonchev–Trinajstić information content (AvgIpc) is 2.96. The first-order valence-electron chi connectivity index (χ1n) is 6.43. The lowest BCUT2D eigenvalue weighted by Crippen LogP contribution is -2.18. The molecule has 0 atom stereocenters. The predicted octanol–water partition coefficient (Wildman–Crippen LogP) is 3.96. The summed E-state index contributed by atoms with van der Waals surface area (Å²) in [6.07, 6.45) is 1.69. The van der Waals surface area contributed by atoms with Crippen LogP contribution in [0.5, 0.6) is 0 Å². The fraction of sp³-hybridized carbons (Fsp3) is 0.333. The first-order chi connectivity index (χ1) is 9.81. The molecular weight excluding hydrogens is 294 g/mol. The van der Waals surface area contributed by atoms with Gasteiger partial charge in [-0.05, 0) is 23.8 Å². The molecule has 1 aromatic heterocycles. The molecule has 2 aromatic rings. The summed E-state index contributed by atoms with van der Waals surface area (Å²) in [4.78, 5) is 1.11. The quantitative estimate of drug-likeness (QED) is 0.591. The van der Waals surface area contributed by atoms with Crippen molar-refractivity contribution < 1.29 is 9.15 Å². The van der Waals surface area contributed by atoms with Gasteiger partial charge in [-0.1, -0.05) is 23.7 Å². The Balaban J connectivity index is 1.98. The van der Waals surface area contributed by atoms with E-state index in [-0.39, 0.29) is 0 Å². The first-order valence-corrected chi connectivity index (χ1v) is 7.80. The van der Waals surface area contributed by atoms with Gasteiger partial charge >= 0.3 is 0 Å². The van der Waals surface area contributed by atoms with Crippen molar-refractivity contribution in [2.24, 2.45) is 0 Å². The summed E-state index contributed by atoms with van der Waals surface area (Å²) in [6, 6.07) is 9.86. The van der Waals surface area contributed by atoms with Crippen LogP contribution in [0.4, 0.5) is 0 Å². The zero-order valence-corrected chi connectivity index (χ0v) is 13.0. The van der Waals surface area contributed by atoms with Crippen molar-refractivity contribution >= 4 is 23.4 Å². The number of ether oxygens (including phenoxy) is 1. The largest absolute Gasteiger partial charge is 0.468 e. The molecule has 0 amide bonds. The Morgan fingerprint density at radius 1 is 1.30 bits per heavy atom. The van der Waals surface area contributed by atoms with E-state index < -0.39 is 0 Å². The van der Waals surface area contributed by atoms with Gasteiger partial charge in [0.15, 0.2) is 0 Å². The molecule has 1 aromatic carbocycles. The molecular formula is C15H18ClNO2S. The number of furan rings is 1. The summed E-state index contributed by atoms with van der Waals surface area (Å²) in [5, 5.41) is 4.13. The third-order valence-corrected chi connectivity index (χ3v) is 4.41. The monoisotopic (exact) mass is 311 g/mol. The molecule has 0 unspecified atom stereocenters. The summed E-state index contributed by atoms with van der Waals surface area (Å²) in [5.41, 5.74) is 1.20. The van der Waals surface area contributed by atoms with Gasteiger partial charge in [0.25, 0.3) is 0 Å². The highest BCUT2D eigenvalue weighted by Gasteiger charge is 2.08. The Morgan fingerprint density at radius 2 is 2.20 bits per heavy atom. The Kier molecular flexibility index (Phi) is 6.47. The van der Waals surface area contributed by atoms with E-state index in [0.29, 0.717) is 6.61 Å². The summed E-state index contributed by atoms with van der Waals surface area (Å²) < 4.78 is 10.4. The molecule has 108 valence electrons. The Bertz CT molecular complexity index is 517. The lowest BCUT2D eigenvalue weighted by molar-refractivity contribution is 0.199. The van der Waals surface area contributed by atoms with Gasteiger partial charge in [0.1, 0.15) is 5.76 Å². The maximum atomic E-state index is 6.31. The minimum Gasteiger partial charge on any atom is -0.468 e. The maximum Gasteiger partial charge on any atom is 0.113 e. The Morgan fingerprint density at radius 3 is 2.95 bits per heavy atom. The predicted molar refractivity (Wildman–Crippen MR) is 83.3 cm³/mol. The first kappa shape index (κ1) is 15.4. The molecule has 0 saturated heterocycles. The SMILES string of the molecule is COCCNCc1cccc(Cl)c1SCc1ccco1. The minimum absolute atomic E-state index is 0.704. The molecule has 3 nitrogen and oxygen atoms in total. The van der Waals surface area contributed by atoms with Gasteiger partial charge in [-0.2, -0.15) is 0 Å². The highest BCUT2D eigenvalue weighted by Crippen LogP contribution is 2.33. The van der Waals surface area contributed by atoms with Crippen LogP contribution in [0.15, 0.2) is 45.9 Å². The molecule has 0 fully saturated rings. The molecule has 2 rings (SSSR count). The van der Waals surface area contributed by atoms with Gasteiger partial charge in [-0.25, -0.2) is 0 Å². The number of methoxy groups -OCH3 is 1. The van der Waals surface area contributed by atoms with Crippen LogP contribution >= 0.6 is 23.4 Å². The second kappa shape index (κ2) is 8.37. The minimum atomic E-state index is 0.704.